The number of carbonyl (C=O) groups is 2. The highest BCUT2D eigenvalue weighted by atomic mass is 16.5. The van der Waals surface area contributed by atoms with Gasteiger partial charge in [0.25, 0.3) is 0 Å². The lowest BCUT2D eigenvalue weighted by Gasteiger charge is -2.07. The zero-order valence-electron chi connectivity index (χ0n) is 19.4. The number of rotatable bonds is 11. The van der Waals surface area contributed by atoms with Gasteiger partial charge in [0.15, 0.2) is 5.69 Å². The van der Waals surface area contributed by atoms with Gasteiger partial charge in [0.2, 0.25) is 0 Å². The highest BCUT2D eigenvalue weighted by molar-refractivity contribution is 6.06. The number of aromatic nitrogens is 2. The Bertz CT molecular complexity index is 1080. The molecule has 2 aromatic carbocycles. The zero-order valence-corrected chi connectivity index (χ0v) is 19.4. The third-order valence-electron chi connectivity index (χ3n) is 5.27. The van der Waals surface area contributed by atoms with Gasteiger partial charge in [-0.05, 0) is 30.2 Å². The van der Waals surface area contributed by atoms with E-state index in [2.05, 4.69) is 12.0 Å². The van der Waals surface area contributed by atoms with Crippen molar-refractivity contribution < 1.29 is 23.8 Å². The van der Waals surface area contributed by atoms with Crippen LogP contribution in [0.25, 0.3) is 16.9 Å². The molecule has 0 saturated carbocycles. The van der Waals surface area contributed by atoms with Crippen LogP contribution in [0.5, 0.6) is 0 Å². The van der Waals surface area contributed by atoms with Gasteiger partial charge >= 0.3 is 11.9 Å². The number of ether oxygens (including phenoxy) is 3. The molecule has 33 heavy (non-hydrogen) atoms. The second-order valence-corrected chi connectivity index (χ2v) is 7.62. The molecular formula is C26H30N2O5. The third kappa shape index (κ3) is 5.87. The van der Waals surface area contributed by atoms with Crippen molar-refractivity contribution in [2.24, 2.45) is 0 Å². The lowest BCUT2D eigenvalue weighted by molar-refractivity contribution is 0.0549. The summed E-state index contributed by atoms with van der Waals surface area (Å²) < 4.78 is 17.2. The van der Waals surface area contributed by atoms with E-state index in [-0.39, 0.29) is 11.3 Å². The van der Waals surface area contributed by atoms with Gasteiger partial charge in [-0.15, -0.1) is 0 Å². The van der Waals surface area contributed by atoms with Crippen LogP contribution in [-0.4, -0.2) is 42.5 Å². The molecule has 174 valence electrons. The van der Waals surface area contributed by atoms with Gasteiger partial charge in [-0.25, -0.2) is 14.3 Å². The Morgan fingerprint density at radius 1 is 0.909 bits per heavy atom. The van der Waals surface area contributed by atoms with E-state index in [9.17, 15) is 9.59 Å². The lowest BCUT2D eigenvalue weighted by Crippen LogP contribution is -2.15. The Balaban J connectivity index is 1.99. The maximum absolute atomic E-state index is 12.8. The largest absolute Gasteiger partial charge is 0.465 e. The van der Waals surface area contributed by atoms with Crippen molar-refractivity contribution in [1.29, 1.82) is 0 Å². The van der Waals surface area contributed by atoms with Gasteiger partial charge < -0.3 is 14.2 Å². The van der Waals surface area contributed by atoms with E-state index in [1.165, 1.54) is 31.7 Å². The topological polar surface area (TPSA) is 79.7 Å². The molecule has 0 N–H and O–H groups in total. The first-order valence-corrected chi connectivity index (χ1v) is 11.1. The van der Waals surface area contributed by atoms with Crippen LogP contribution in [0.2, 0.25) is 0 Å². The quantitative estimate of drug-likeness (QED) is 0.295. The van der Waals surface area contributed by atoms with Crippen molar-refractivity contribution in [2.45, 2.75) is 39.2 Å². The number of para-hydroxylation sites is 1. The minimum absolute atomic E-state index is 0.0168. The van der Waals surface area contributed by atoms with E-state index >= 15 is 0 Å². The molecule has 0 bridgehead atoms. The molecule has 7 nitrogen and oxygen atoms in total. The summed E-state index contributed by atoms with van der Waals surface area (Å²) in [7, 11) is 2.54. The Kier molecular flexibility index (Phi) is 8.78. The standard InChI is InChI=1S/C26H30N2O5/c1-4-5-6-10-16-33-18-19-12-11-13-20(17-19)23-22(25(29)31-2)24(26(30)32-3)28(27-23)21-14-8-7-9-15-21/h7-9,11-15,17H,4-6,10,16,18H2,1-3H3. The Morgan fingerprint density at radius 2 is 1.67 bits per heavy atom. The summed E-state index contributed by atoms with van der Waals surface area (Å²) in [4.78, 5) is 25.5. The smallest absolute Gasteiger partial charge is 0.357 e. The molecule has 0 aliphatic heterocycles. The highest BCUT2D eigenvalue weighted by Gasteiger charge is 2.31. The van der Waals surface area contributed by atoms with E-state index in [1.54, 1.807) is 12.1 Å². The molecule has 0 saturated heterocycles. The van der Waals surface area contributed by atoms with Crippen LogP contribution in [0.15, 0.2) is 54.6 Å². The summed E-state index contributed by atoms with van der Waals surface area (Å²) in [5, 5.41) is 4.63. The summed E-state index contributed by atoms with van der Waals surface area (Å²) in [6.45, 7) is 3.34. The molecule has 1 heterocycles. The van der Waals surface area contributed by atoms with E-state index in [0.29, 0.717) is 30.2 Å². The third-order valence-corrected chi connectivity index (χ3v) is 5.27. The summed E-state index contributed by atoms with van der Waals surface area (Å²) in [6, 6.07) is 16.7. The number of hydrogen-bond donors (Lipinski definition) is 0. The molecule has 3 aromatic rings. The van der Waals surface area contributed by atoms with Gasteiger partial charge in [-0.3, -0.25) is 0 Å². The molecule has 7 heteroatoms. The Morgan fingerprint density at radius 3 is 2.36 bits per heavy atom. The van der Waals surface area contributed by atoms with Gasteiger partial charge in [-0.1, -0.05) is 62.6 Å². The van der Waals surface area contributed by atoms with E-state index in [1.807, 2.05) is 42.5 Å². The van der Waals surface area contributed by atoms with Crippen LogP contribution in [0.1, 0.15) is 59.0 Å². The van der Waals surface area contributed by atoms with Crippen molar-refractivity contribution in [1.82, 2.24) is 9.78 Å². The van der Waals surface area contributed by atoms with Crippen LogP contribution in [0.3, 0.4) is 0 Å². The molecule has 3 rings (SSSR count). The normalized spacial score (nSPS) is 10.8. The van der Waals surface area contributed by atoms with Crippen molar-refractivity contribution >= 4 is 11.9 Å². The molecule has 1 aromatic heterocycles. The maximum atomic E-state index is 12.8. The molecule has 0 aliphatic rings. The predicted octanol–water partition coefficient (Wildman–Crippen LogP) is 5.21. The molecule has 0 radical (unpaired) electrons. The molecule has 0 amide bonds. The maximum Gasteiger partial charge on any atom is 0.357 e. The fourth-order valence-corrected chi connectivity index (χ4v) is 3.59. The van der Waals surface area contributed by atoms with Crippen molar-refractivity contribution in [3.05, 3.63) is 71.4 Å². The number of methoxy groups -OCH3 is 2. The van der Waals surface area contributed by atoms with E-state index < -0.39 is 11.9 Å². The average molecular weight is 451 g/mol. The summed E-state index contributed by atoms with van der Waals surface area (Å²) >= 11 is 0. The molecular weight excluding hydrogens is 420 g/mol. The molecule has 0 fully saturated rings. The first-order valence-electron chi connectivity index (χ1n) is 11.1. The number of unbranched alkanes of at least 4 members (excludes halogenated alkanes) is 3. The Hall–Kier alpha value is -3.45. The molecule has 0 unspecified atom stereocenters. The first-order chi connectivity index (χ1) is 16.1. The van der Waals surface area contributed by atoms with E-state index in [4.69, 9.17) is 14.2 Å². The molecule has 0 atom stereocenters. The zero-order chi connectivity index (χ0) is 23.6. The SMILES string of the molecule is CCCCCCOCc1cccc(-c2nn(-c3ccccc3)c(C(=O)OC)c2C(=O)OC)c1. The molecule has 0 aliphatic carbocycles. The fraction of sp³-hybridized carbons (Fsp3) is 0.346. The summed E-state index contributed by atoms with van der Waals surface area (Å²) in [5.41, 5.74) is 2.68. The van der Waals surface area contributed by atoms with Gasteiger partial charge in [0.1, 0.15) is 11.3 Å². The minimum Gasteiger partial charge on any atom is -0.465 e. The monoisotopic (exact) mass is 450 g/mol. The fourth-order valence-electron chi connectivity index (χ4n) is 3.59. The number of esters is 2. The Labute approximate surface area is 194 Å². The predicted molar refractivity (Wildman–Crippen MR) is 125 cm³/mol. The van der Waals surface area contributed by atoms with Crippen LogP contribution in [0.4, 0.5) is 0 Å². The van der Waals surface area contributed by atoms with Crippen LogP contribution < -0.4 is 0 Å². The van der Waals surface area contributed by atoms with Crippen molar-refractivity contribution in [3.63, 3.8) is 0 Å². The number of carbonyl (C=O) groups excluding carboxylic acids is 2. The average Bonchev–Trinajstić information content (AvgIpc) is 3.26. The highest BCUT2D eigenvalue weighted by Crippen LogP contribution is 2.30. The van der Waals surface area contributed by atoms with Crippen molar-refractivity contribution in [3.8, 4) is 16.9 Å². The van der Waals surface area contributed by atoms with Crippen molar-refractivity contribution in [2.75, 3.05) is 20.8 Å². The van der Waals surface area contributed by atoms with Gasteiger partial charge in [0, 0.05) is 12.2 Å². The van der Waals surface area contributed by atoms with E-state index in [0.717, 1.165) is 18.4 Å². The molecule has 0 spiro atoms. The number of hydrogen-bond acceptors (Lipinski definition) is 6. The van der Waals surface area contributed by atoms with Crippen LogP contribution in [0, 0.1) is 0 Å². The lowest BCUT2D eigenvalue weighted by atomic mass is 10.0. The summed E-state index contributed by atoms with van der Waals surface area (Å²) in [6.07, 6.45) is 4.59. The second kappa shape index (κ2) is 12.0. The minimum atomic E-state index is -0.676. The second-order valence-electron chi connectivity index (χ2n) is 7.62. The van der Waals surface area contributed by atoms with Gasteiger partial charge in [-0.2, -0.15) is 5.10 Å². The van der Waals surface area contributed by atoms with Crippen LogP contribution >= 0.6 is 0 Å². The summed E-state index contributed by atoms with van der Waals surface area (Å²) in [5.74, 6) is -1.34. The number of nitrogens with zero attached hydrogens (tertiary/aromatic N) is 2. The first kappa shape index (κ1) is 24.2. The number of benzene rings is 2. The van der Waals surface area contributed by atoms with Crippen LogP contribution in [-0.2, 0) is 20.8 Å². The van der Waals surface area contributed by atoms with Gasteiger partial charge in [0.05, 0.1) is 26.5 Å².